The van der Waals surface area contributed by atoms with Gasteiger partial charge in [0.25, 0.3) is 11.8 Å². The molecule has 1 N–H and O–H groups in total. The van der Waals surface area contributed by atoms with Crippen LogP contribution in [0.3, 0.4) is 0 Å². The lowest BCUT2D eigenvalue weighted by molar-refractivity contribution is 0.0193. The third kappa shape index (κ3) is 6.80. The van der Waals surface area contributed by atoms with Crippen LogP contribution in [-0.4, -0.2) is 95.9 Å². The quantitative estimate of drug-likeness (QED) is 0.203. The molecule has 5 aromatic rings. The van der Waals surface area contributed by atoms with Gasteiger partial charge in [-0.2, -0.15) is 0 Å². The fraction of sp³-hybridized carbons (Fsp3) is 0.326. The van der Waals surface area contributed by atoms with Crippen LogP contribution in [0.4, 0.5) is 21.6 Å². The number of hydrogen-bond donors (Lipinski definition) is 1. The zero-order chi connectivity index (χ0) is 38.4. The number of carbonyl (C=O) groups excluding carboxylic acids is 2. The van der Waals surface area contributed by atoms with Crippen LogP contribution in [0.2, 0.25) is 0 Å². The van der Waals surface area contributed by atoms with Crippen LogP contribution in [0.25, 0.3) is 11.3 Å². The summed E-state index contributed by atoms with van der Waals surface area (Å²) < 4.78 is 28.6. The summed E-state index contributed by atoms with van der Waals surface area (Å²) in [4.78, 5) is 42.4. The number of fused-ring (bicyclic) bond motifs is 2. The van der Waals surface area contributed by atoms with Crippen LogP contribution in [0.15, 0.2) is 79.0 Å². The number of hydrogen-bond acceptors (Lipinski definition) is 8. The molecule has 0 radical (unpaired) electrons. The Bertz CT molecular complexity index is 2270. The Kier molecular flexibility index (Phi) is 9.79. The second-order valence-corrected chi connectivity index (χ2v) is 14.6. The summed E-state index contributed by atoms with van der Waals surface area (Å²) >= 11 is 0. The molecule has 1 atom stereocenters. The number of methoxy groups -OCH3 is 1. The number of amides is 2. The number of anilines is 3. The molecule has 12 heteroatoms. The van der Waals surface area contributed by atoms with Crippen molar-refractivity contribution in [2.75, 3.05) is 63.4 Å². The van der Waals surface area contributed by atoms with Crippen LogP contribution in [0, 0.1) is 12.7 Å². The molecular weight excluding hydrogens is 700 g/mol. The van der Waals surface area contributed by atoms with E-state index in [1.165, 1.54) is 36.9 Å². The number of aromatic hydroxyl groups is 1. The van der Waals surface area contributed by atoms with Gasteiger partial charge in [0.15, 0.2) is 11.6 Å². The molecular formula is C43H45FN6O5. The van der Waals surface area contributed by atoms with Crippen LogP contribution >= 0.6 is 0 Å². The fourth-order valence-corrected chi connectivity index (χ4v) is 8.14. The molecule has 8 rings (SSSR count). The monoisotopic (exact) mass is 744 g/mol. The van der Waals surface area contributed by atoms with Crippen molar-refractivity contribution in [2.45, 2.75) is 32.4 Å². The van der Waals surface area contributed by atoms with E-state index in [9.17, 15) is 14.7 Å². The maximum Gasteiger partial charge on any atom is 0.264 e. The second-order valence-electron chi connectivity index (χ2n) is 14.6. The molecule has 0 saturated carbocycles. The predicted octanol–water partition coefficient (Wildman–Crippen LogP) is 6.12. The standard InChI is InChI=1S/C43H45FN6O5/c1-27-35(43(53)50(31-9-11-34(51)12-10-31)32-20-29-13-14-46(2)41(29)45-24-32)22-39(47(27)3)36-21-38(44)40(54-4)23-37(36)42(52)49-25-30-8-6-5-7-28(30)19-33(49)26-48-15-17-55-18-16-48/h5-12,20-24,33,51H,13-19,25-26H2,1-4H3/t33-/m0/s1. The molecule has 2 amide bonds. The van der Waals surface area contributed by atoms with Crippen LogP contribution in [0.1, 0.15) is 43.1 Å². The van der Waals surface area contributed by atoms with Gasteiger partial charge in [-0.05, 0) is 85.0 Å². The minimum absolute atomic E-state index is 0.0373. The fourth-order valence-electron chi connectivity index (χ4n) is 8.14. The normalized spacial score (nSPS) is 16.9. The predicted molar refractivity (Wildman–Crippen MR) is 209 cm³/mol. The number of likely N-dealkylation sites (N-methyl/N-ethyl adjacent to an activating group) is 1. The molecule has 0 aliphatic carbocycles. The molecule has 55 heavy (non-hydrogen) atoms. The van der Waals surface area contributed by atoms with Gasteiger partial charge in [0, 0.05) is 75.5 Å². The Morgan fingerprint density at radius 3 is 2.44 bits per heavy atom. The number of phenolic OH excluding ortho intramolecular Hbond substituents is 1. The lowest BCUT2D eigenvalue weighted by Crippen LogP contribution is -2.52. The van der Waals surface area contributed by atoms with E-state index in [0.29, 0.717) is 66.6 Å². The van der Waals surface area contributed by atoms with Gasteiger partial charge < -0.3 is 28.9 Å². The third-order valence-electron chi connectivity index (χ3n) is 11.3. The highest BCUT2D eigenvalue weighted by atomic mass is 19.1. The first-order valence-corrected chi connectivity index (χ1v) is 18.7. The molecule has 11 nitrogen and oxygen atoms in total. The van der Waals surface area contributed by atoms with Crippen LogP contribution in [0.5, 0.6) is 11.5 Å². The minimum Gasteiger partial charge on any atom is -0.508 e. The Hall–Kier alpha value is -5.72. The first-order valence-electron chi connectivity index (χ1n) is 18.7. The van der Waals surface area contributed by atoms with Crippen molar-refractivity contribution >= 4 is 29.0 Å². The van der Waals surface area contributed by atoms with Crippen LogP contribution in [-0.2, 0) is 31.2 Å². The van der Waals surface area contributed by atoms with Gasteiger partial charge in [0.2, 0.25) is 0 Å². The van der Waals surface area contributed by atoms with Crippen molar-refractivity contribution in [1.82, 2.24) is 19.4 Å². The van der Waals surface area contributed by atoms with Crippen molar-refractivity contribution in [3.05, 3.63) is 118 Å². The average Bonchev–Trinajstić information content (AvgIpc) is 3.72. The molecule has 3 aliphatic rings. The zero-order valence-electron chi connectivity index (χ0n) is 31.6. The third-order valence-corrected chi connectivity index (χ3v) is 11.3. The number of halogens is 1. The van der Waals surface area contributed by atoms with Gasteiger partial charge in [-0.15, -0.1) is 0 Å². The van der Waals surface area contributed by atoms with Gasteiger partial charge in [-0.1, -0.05) is 24.3 Å². The van der Waals surface area contributed by atoms with E-state index in [4.69, 9.17) is 14.5 Å². The number of pyridine rings is 1. The molecule has 1 fully saturated rings. The van der Waals surface area contributed by atoms with E-state index in [0.717, 1.165) is 43.0 Å². The number of phenols is 1. The van der Waals surface area contributed by atoms with E-state index in [1.807, 2.05) is 48.7 Å². The number of aromatic nitrogens is 2. The van der Waals surface area contributed by atoms with E-state index >= 15 is 4.39 Å². The maximum atomic E-state index is 15.8. The molecule has 0 unspecified atom stereocenters. The topological polar surface area (TPSA) is 104 Å². The lowest BCUT2D eigenvalue weighted by Gasteiger charge is -2.40. The lowest BCUT2D eigenvalue weighted by atomic mass is 9.92. The van der Waals surface area contributed by atoms with E-state index in [2.05, 4.69) is 21.9 Å². The molecule has 0 bridgehead atoms. The van der Waals surface area contributed by atoms with Gasteiger partial charge >= 0.3 is 0 Å². The summed E-state index contributed by atoms with van der Waals surface area (Å²) in [6.07, 6.45) is 3.18. The Morgan fingerprint density at radius 1 is 0.945 bits per heavy atom. The smallest absolute Gasteiger partial charge is 0.264 e. The molecule has 0 spiro atoms. The molecule has 1 saturated heterocycles. The molecule has 3 aliphatic heterocycles. The number of benzene rings is 3. The van der Waals surface area contributed by atoms with Gasteiger partial charge in [-0.25, -0.2) is 9.37 Å². The van der Waals surface area contributed by atoms with Crippen molar-refractivity contribution in [3.8, 4) is 22.8 Å². The highest BCUT2D eigenvalue weighted by Gasteiger charge is 2.35. The number of rotatable bonds is 8. The SMILES string of the molecule is COc1cc(C(=O)N2Cc3ccccc3C[C@H]2CN2CCOCC2)c(-c2cc(C(=O)N(c3ccc(O)cc3)c3cnc4c(c3)CCN4C)c(C)n2C)cc1F. The zero-order valence-corrected chi connectivity index (χ0v) is 31.6. The van der Waals surface area contributed by atoms with Gasteiger partial charge in [-0.3, -0.25) is 19.4 Å². The molecule has 284 valence electrons. The summed E-state index contributed by atoms with van der Waals surface area (Å²) in [5.41, 5.74) is 6.60. The Labute approximate surface area is 320 Å². The van der Waals surface area contributed by atoms with Crippen molar-refractivity contribution in [2.24, 2.45) is 7.05 Å². The number of morpholine rings is 1. The Balaban J connectivity index is 1.20. The first-order chi connectivity index (χ1) is 26.6. The first kappa shape index (κ1) is 36.3. The van der Waals surface area contributed by atoms with Gasteiger partial charge in [0.05, 0.1) is 43.3 Å². The van der Waals surface area contributed by atoms with E-state index < -0.39 is 5.82 Å². The maximum absolute atomic E-state index is 15.8. The van der Waals surface area contributed by atoms with Crippen molar-refractivity contribution in [3.63, 3.8) is 0 Å². The average molecular weight is 745 g/mol. The summed E-state index contributed by atoms with van der Waals surface area (Å²) in [5, 5.41) is 10.1. The van der Waals surface area contributed by atoms with Crippen molar-refractivity contribution < 1.29 is 28.6 Å². The van der Waals surface area contributed by atoms with Crippen LogP contribution < -0.4 is 14.5 Å². The van der Waals surface area contributed by atoms with E-state index in [1.54, 1.807) is 29.3 Å². The second kappa shape index (κ2) is 14.8. The highest BCUT2D eigenvalue weighted by Crippen LogP contribution is 2.38. The molecule has 5 heterocycles. The highest BCUT2D eigenvalue weighted by molar-refractivity contribution is 6.12. The van der Waals surface area contributed by atoms with E-state index in [-0.39, 0.29) is 34.9 Å². The van der Waals surface area contributed by atoms with Crippen molar-refractivity contribution in [1.29, 1.82) is 0 Å². The van der Waals surface area contributed by atoms with Gasteiger partial charge in [0.1, 0.15) is 11.6 Å². The summed E-state index contributed by atoms with van der Waals surface area (Å²) in [6, 6.07) is 21.1. The number of carbonyl (C=O) groups is 2. The molecule has 3 aromatic carbocycles. The minimum atomic E-state index is -0.616. The Morgan fingerprint density at radius 2 is 1.69 bits per heavy atom. The summed E-state index contributed by atoms with van der Waals surface area (Å²) in [6.45, 7) is 6.62. The summed E-state index contributed by atoms with van der Waals surface area (Å²) in [5.74, 6) is -0.278. The number of nitrogens with zero attached hydrogens (tertiary/aromatic N) is 6. The molecule has 2 aromatic heterocycles. The largest absolute Gasteiger partial charge is 0.508 e. The number of ether oxygens (including phenoxy) is 2. The summed E-state index contributed by atoms with van der Waals surface area (Å²) in [7, 11) is 5.19.